The Bertz CT molecular complexity index is 394. The zero-order valence-electron chi connectivity index (χ0n) is 12.2. The van der Waals surface area contributed by atoms with Crippen LogP contribution in [-0.4, -0.2) is 31.0 Å². The molecule has 0 bridgehead atoms. The van der Waals surface area contributed by atoms with Gasteiger partial charge in [-0.05, 0) is 6.92 Å². The first-order valence-corrected chi connectivity index (χ1v) is 7.77. The molecule has 4 nitrogen and oxygen atoms in total. The Hall–Kier alpha value is -0.490. The van der Waals surface area contributed by atoms with Crippen LogP contribution in [-0.2, 0) is 14.9 Å². The summed E-state index contributed by atoms with van der Waals surface area (Å²) in [5.41, 5.74) is 1.30. The van der Waals surface area contributed by atoms with Gasteiger partial charge in [0.05, 0.1) is 24.9 Å². The largest absolute Gasteiger partial charge is 0.350 e. The van der Waals surface area contributed by atoms with E-state index in [9.17, 15) is 0 Å². The molecule has 0 radical (unpaired) electrons. The SMILES string of the molecule is CC(NCCC1OCCO1)c1nc(C(C)(C)C)cs1. The highest BCUT2D eigenvalue weighted by Gasteiger charge is 2.20. The van der Waals surface area contributed by atoms with Gasteiger partial charge in [0.2, 0.25) is 0 Å². The highest BCUT2D eigenvalue weighted by atomic mass is 32.1. The Morgan fingerprint density at radius 1 is 1.42 bits per heavy atom. The van der Waals surface area contributed by atoms with E-state index in [4.69, 9.17) is 14.5 Å². The van der Waals surface area contributed by atoms with E-state index >= 15 is 0 Å². The summed E-state index contributed by atoms with van der Waals surface area (Å²) in [5, 5.41) is 6.79. The van der Waals surface area contributed by atoms with Gasteiger partial charge in [0.25, 0.3) is 0 Å². The number of thiazole rings is 1. The van der Waals surface area contributed by atoms with Crippen LogP contribution in [0.15, 0.2) is 5.38 Å². The van der Waals surface area contributed by atoms with E-state index in [1.165, 1.54) is 5.69 Å². The fourth-order valence-electron chi connectivity index (χ4n) is 1.91. The Kier molecular flexibility index (Phi) is 4.95. The topological polar surface area (TPSA) is 43.4 Å². The van der Waals surface area contributed by atoms with Crippen LogP contribution < -0.4 is 5.32 Å². The number of ether oxygens (including phenoxy) is 2. The maximum absolute atomic E-state index is 5.41. The minimum absolute atomic E-state index is 0.0267. The molecule has 1 aromatic rings. The molecule has 2 rings (SSSR count). The van der Waals surface area contributed by atoms with Gasteiger partial charge >= 0.3 is 0 Å². The molecule has 0 aliphatic carbocycles. The van der Waals surface area contributed by atoms with Crippen molar-refractivity contribution in [1.82, 2.24) is 10.3 Å². The summed E-state index contributed by atoms with van der Waals surface area (Å²) >= 11 is 1.73. The first-order chi connectivity index (χ1) is 8.97. The van der Waals surface area contributed by atoms with Crippen molar-refractivity contribution in [3.8, 4) is 0 Å². The molecule has 1 unspecified atom stereocenters. The lowest BCUT2D eigenvalue weighted by molar-refractivity contribution is -0.0462. The Labute approximate surface area is 119 Å². The fraction of sp³-hybridized carbons (Fsp3) is 0.786. The molecule has 1 atom stereocenters. The van der Waals surface area contributed by atoms with Crippen molar-refractivity contribution in [2.75, 3.05) is 19.8 Å². The van der Waals surface area contributed by atoms with Crippen molar-refractivity contribution in [3.05, 3.63) is 16.1 Å². The molecule has 5 heteroatoms. The number of aromatic nitrogens is 1. The molecule has 0 spiro atoms. The predicted molar refractivity (Wildman–Crippen MR) is 77.5 cm³/mol. The lowest BCUT2D eigenvalue weighted by Crippen LogP contribution is -2.24. The molecule has 1 aliphatic heterocycles. The van der Waals surface area contributed by atoms with Crippen LogP contribution in [0.5, 0.6) is 0 Å². The van der Waals surface area contributed by atoms with Crippen LogP contribution in [0.4, 0.5) is 0 Å². The molecule has 1 saturated heterocycles. The maximum atomic E-state index is 5.41. The lowest BCUT2D eigenvalue weighted by Gasteiger charge is -2.16. The van der Waals surface area contributed by atoms with E-state index in [1.807, 2.05) is 0 Å². The summed E-state index contributed by atoms with van der Waals surface area (Å²) in [4.78, 5) is 4.73. The summed E-state index contributed by atoms with van der Waals surface area (Å²) in [6, 6.07) is 0.280. The molecule has 1 N–H and O–H groups in total. The van der Waals surface area contributed by atoms with Gasteiger partial charge in [0.15, 0.2) is 6.29 Å². The van der Waals surface area contributed by atoms with Gasteiger partial charge in [-0.25, -0.2) is 4.98 Å². The normalized spacial score (nSPS) is 18.9. The molecule has 1 aromatic heterocycles. The summed E-state index contributed by atoms with van der Waals surface area (Å²) in [7, 11) is 0. The number of nitrogens with zero attached hydrogens (tertiary/aromatic N) is 1. The average Bonchev–Trinajstić information content (AvgIpc) is 2.99. The van der Waals surface area contributed by atoms with E-state index in [-0.39, 0.29) is 17.7 Å². The third kappa shape index (κ3) is 4.24. The Balaban J connectivity index is 1.79. The van der Waals surface area contributed by atoms with Crippen molar-refractivity contribution in [2.24, 2.45) is 0 Å². The van der Waals surface area contributed by atoms with Crippen molar-refractivity contribution in [2.45, 2.75) is 51.9 Å². The van der Waals surface area contributed by atoms with Crippen LogP contribution in [0.25, 0.3) is 0 Å². The zero-order chi connectivity index (χ0) is 13.9. The third-order valence-corrected chi connectivity index (χ3v) is 4.21. The van der Waals surface area contributed by atoms with Crippen molar-refractivity contribution >= 4 is 11.3 Å². The van der Waals surface area contributed by atoms with Crippen LogP contribution in [0.3, 0.4) is 0 Å². The van der Waals surface area contributed by atoms with Gasteiger partial charge in [0, 0.05) is 23.8 Å². The smallest absolute Gasteiger partial charge is 0.159 e. The maximum Gasteiger partial charge on any atom is 0.159 e. The fourth-order valence-corrected chi connectivity index (χ4v) is 2.99. The van der Waals surface area contributed by atoms with Gasteiger partial charge in [0.1, 0.15) is 5.01 Å². The lowest BCUT2D eigenvalue weighted by atomic mass is 9.93. The van der Waals surface area contributed by atoms with Crippen molar-refractivity contribution in [3.63, 3.8) is 0 Å². The first kappa shape index (κ1) is 14.9. The highest BCUT2D eigenvalue weighted by Crippen LogP contribution is 2.26. The van der Waals surface area contributed by atoms with Crippen LogP contribution in [0.1, 0.15) is 50.9 Å². The molecule has 1 fully saturated rings. The summed E-state index contributed by atoms with van der Waals surface area (Å²) in [6.45, 7) is 11.1. The molecule has 0 amide bonds. The average molecular weight is 284 g/mol. The van der Waals surface area contributed by atoms with Gasteiger partial charge in [-0.3, -0.25) is 0 Å². The molecule has 19 heavy (non-hydrogen) atoms. The van der Waals surface area contributed by atoms with Gasteiger partial charge < -0.3 is 14.8 Å². The van der Waals surface area contributed by atoms with Crippen molar-refractivity contribution < 1.29 is 9.47 Å². The predicted octanol–water partition coefficient (Wildman–Crippen LogP) is 2.85. The standard InChI is InChI=1S/C14H24N2O2S/c1-10(15-6-5-12-17-7-8-18-12)13-16-11(9-19-13)14(2,3)4/h9-10,12,15H,5-8H2,1-4H3. The minimum Gasteiger partial charge on any atom is -0.350 e. The van der Waals surface area contributed by atoms with E-state index < -0.39 is 0 Å². The second-order valence-electron chi connectivity index (χ2n) is 5.96. The van der Waals surface area contributed by atoms with Gasteiger partial charge in [-0.15, -0.1) is 11.3 Å². The Morgan fingerprint density at radius 3 is 2.68 bits per heavy atom. The van der Waals surface area contributed by atoms with Crippen LogP contribution in [0, 0.1) is 0 Å². The highest BCUT2D eigenvalue weighted by molar-refractivity contribution is 7.09. The number of rotatable bonds is 5. The number of nitrogens with one attached hydrogen (secondary N) is 1. The second kappa shape index (κ2) is 6.31. The van der Waals surface area contributed by atoms with E-state index in [0.29, 0.717) is 0 Å². The molecular weight excluding hydrogens is 260 g/mol. The summed E-state index contributed by atoms with van der Waals surface area (Å²) < 4.78 is 10.8. The second-order valence-corrected chi connectivity index (χ2v) is 6.85. The van der Waals surface area contributed by atoms with E-state index in [0.717, 1.165) is 31.2 Å². The number of hydrogen-bond acceptors (Lipinski definition) is 5. The molecule has 0 saturated carbocycles. The molecular formula is C14H24N2O2S. The summed E-state index contributed by atoms with van der Waals surface area (Å²) in [5.74, 6) is 0. The van der Waals surface area contributed by atoms with E-state index in [1.54, 1.807) is 11.3 Å². The van der Waals surface area contributed by atoms with Gasteiger partial charge in [-0.1, -0.05) is 20.8 Å². The number of hydrogen-bond donors (Lipinski definition) is 1. The van der Waals surface area contributed by atoms with Crippen molar-refractivity contribution in [1.29, 1.82) is 0 Å². The van der Waals surface area contributed by atoms with Gasteiger partial charge in [-0.2, -0.15) is 0 Å². The monoisotopic (exact) mass is 284 g/mol. The zero-order valence-corrected chi connectivity index (χ0v) is 13.0. The quantitative estimate of drug-likeness (QED) is 0.903. The molecule has 108 valence electrons. The van der Waals surface area contributed by atoms with Crippen LogP contribution in [0.2, 0.25) is 0 Å². The first-order valence-electron chi connectivity index (χ1n) is 6.89. The Morgan fingerprint density at radius 2 is 2.11 bits per heavy atom. The molecule has 2 heterocycles. The molecule has 0 aromatic carbocycles. The van der Waals surface area contributed by atoms with E-state index in [2.05, 4.69) is 38.4 Å². The minimum atomic E-state index is -0.0267. The molecule has 1 aliphatic rings. The van der Waals surface area contributed by atoms with Crippen LogP contribution >= 0.6 is 11.3 Å². The summed E-state index contributed by atoms with van der Waals surface area (Å²) in [6.07, 6.45) is 0.864. The third-order valence-electron chi connectivity index (χ3n) is 3.18.